The molecule has 0 radical (unpaired) electrons. The summed E-state index contributed by atoms with van der Waals surface area (Å²) in [7, 11) is 3.44. The first-order valence-corrected chi connectivity index (χ1v) is 9.94. The van der Waals surface area contributed by atoms with Crippen LogP contribution in [0.4, 0.5) is 4.79 Å². The van der Waals surface area contributed by atoms with Crippen LogP contribution >= 0.6 is 0 Å². The van der Waals surface area contributed by atoms with Crippen LogP contribution in [0.25, 0.3) is 0 Å². The molecule has 2 amide bonds. The van der Waals surface area contributed by atoms with Crippen molar-refractivity contribution in [3.8, 4) is 0 Å². The highest BCUT2D eigenvalue weighted by molar-refractivity contribution is 5.85. The molecule has 160 valence electrons. The summed E-state index contributed by atoms with van der Waals surface area (Å²) in [6.07, 6.45) is 1.42. The molecule has 2 unspecified atom stereocenters. The number of aliphatic imine (C=N–C) groups is 1. The van der Waals surface area contributed by atoms with Crippen molar-refractivity contribution in [2.24, 2.45) is 10.9 Å². The lowest BCUT2D eigenvalue weighted by Crippen LogP contribution is -2.45. The minimum absolute atomic E-state index is 0.0128. The molecule has 0 saturated carbocycles. The number of ether oxygens (including phenoxy) is 2. The van der Waals surface area contributed by atoms with Crippen LogP contribution in [0.3, 0.4) is 0 Å². The molecule has 9 heteroatoms. The molecule has 2 N–H and O–H groups in total. The molecule has 2 saturated heterocycles. The Morgan fingerprint density at radius 2 is 2.04 bits per heavy atom. The Labute approximate surface area is 167 Å². The van der Waals surface area contributed by atoms with Gasteiger partial charge in [-0.25, -0.2) is 9.79 Å². The van der Waals surface area contributed by atoms with E-state index >= 15 is 0 Å². The van der Waals surface area contributed by atoms with Crippen molar-refractivity contribution in [2.75, 3.05) is 53.5 Å². The fourth-order valence-corrected chi connectivity index (χ4v) is 3.08. The number of likely N-dealkylation sites (N-methyl/N-ethyl adjacent to an activating group) is 1. The Morgan fingerprint density at radius 3 is 2.64 bits per heavy atom. The number of hydrogen-bond donors (Lipinski definition) is 2. The number of hydrogen-bond acceptors (Lipinski definition) is 5. The van der Waals surface area contributed by atoms with Crippen molar-refractivity contribution in [3.63, 3.8) is 0 Å². The molecule has 9 nitrogen and oxygen atoms in total. The Bertz CT molecular complexity index is 567. The van der Waals surface area contributed by atoms with E-state index in [1.165, 1.54) is 4.90 Å². The molecule has 2 rings (SSSR count). The summed E-state index contributed by atoms with van der Waals surface area (Å²) in [5.41, 5.74) is -0.521. The predicted molar refractivity (Wildman–Crippen MR) is 107 cm³/mol. The Kier molecular flexibility index (Phi) is 7.91. The first-order chi connectivity index (χ1) is 13.1. The van der Waals surface area contributed by atoms with Gasteiger partial charge in [0.2, 0.25) is 5.91 Å². The number of alkyl carbamates (subject to hydrolysis) is 1. The van der Waals surface area contributed by atoms with Crippen molar-refractivity contribution in [1.29, 1.82) is 0 Å². The van der Waals surface area contributed by atoms with Gasteiger partial charge in [-0.05, 0) is 33.6 Å². The average Bonchev–Trinajstić information content (AvgIpc) is 3.24. The summed E-state index contributed by atoms with van der Waals surface area (Å²) < 4.78 is 10.8. The quantitative estimate of drug-likeness (QED) is 0.523. The maximum absolute atomic E-state index is 12.0. The fourth-order valence-electron chi connectivity index (χ4n) is 3.08. The van der Waals surface area contributed by atoms with E-state index in [2.05, 4.69) is 20.5 Å². The molecule has 0 aromatic carbocycles. The number of nitrogens with one attached hydrogen (secondary N) is 2. The van der Waals surface area contributed by atoms with E-state index in [-0.39, 0.29) is 18.5 Å². The molecular weight excluding hydrogens is 362 g/mol. The van der Waals surface area contributed by atoms with Crippen LogP contribution in [0.5, 0.6) is 0 Å². The Balaban J connectivity index is 1.92. The van der Waals surface area contributed by atoms with Crippen molar-refractivity contribution >= 4 is 18.0 Å². The van der Waals surface area contributed by atoms with Gasteiger partial charge in [-0.15, -0.1) is 0 Å². The van der Waals surface area contributed by atoms with Crippen LogP contribution in [0.1, 0.15) is 33.6 Å². The van der Waals surface area contributed by atoms with Gasteiger partial charge in [-0.3, -0.25) is 4.79 Å². The molecule has 2 aliphatic rings. The number of nitrogens with zero attached hydrogens (tertiary/aromatic N) is 3. The monoisotopic (exact) mass is 397 g/mol. The van der Waals surface area contributed by atoms with Crippen LogP contribution in [-0.2, 0) is 14.3 Å². The zero-order valence-electron chi connectivity index (χ0n) is 17.8. The van der Waals surface area contributed by atoms with Crippen LogP contribution in [-0.4, -0.2) is 92.9 Å². The molecule has 0 aromatic rings. The maximum Gasteiger partial charge on any atom is 0.407 e. The summed E-state index contributed by atoms with van der Waals surface area (Å²) in [5, 5.41) is 6.31. The summed E-state index contributed by atoms with van der Waals surface area (Å²) in [5.74, 6) is 1.11. The van der Waals surface area contributed by atoms with Gasteiger partial charge in [0.25, 0.3) is 0 Å². The summed E-state index contributed by atoms with van der Waals surface area (Å²) in [6, 6.07) is -0.0128. The van der Waals surface area contributed by atoms with E-state index in [4.69, 9.17) is 9.47 Å². The van der Waals surface area contributed by atoms with Crippen LogP contribution in [0.15, 0.2) is 4.99 Å². The summed E-state index contributed by atoms with van der Waals surface area (Å²) >= 11 is 0. The summed E-state index contributed by atoms with van der Waals surface area (Å²) in [6.45, 7) is 9.31. The standard InChI is InChI=1S/C19H35N5O4/c1-19(2,3)28-18(26)22-15-6-8-24(12-15)17(21-11-16(25)23(4)5)20-10-14-7-9-27-13-14/h14-15H,6-13H2,1-5H3,(H,20,21)(H,22,26). The highest BCUT2D eigenvalue weighted by Gasteiger charge is 2.28. The van der Waals surface area contributed by atoms with E-state index < -0.39 is 11.7 Å². The van der Waals surface area contributed by atoms with E-state index in [0.717, 1.165) is 39.1 Å². The van der Waals surface area contributed by atoms with Gasteiger partial charge in [0.05, 0.1) is 12.6 Å². The first-order valence-electron chi connectivity index (χ1n) is 9.94. The number of rotatable bonds is 5. The largest absolute Gasteiger partial charge is 0.444 e. The van der Waals surface area contributed by atoms with Gasteiger partial charge in [0, 0.05) is 46.3 Å². The van der Waals surface area contributed by atoms with Crippen LogP contribution in [0, 0.1) is 5.92 Å². The number of likely N-dealkylation sites (tertiary alicyclic amines) is 1. The SMILES string of the molecule is CN(C)C(=O)CN=C(NCC1CCOC1)N1CCC(NC(=O)OC(C)(C)C)C1. The lowest BCUT2D eigenvalue weighted by molar-refractivity contribution is -0.127. The minimum Gasteiger partial charge on any atom is -0.444 e. The third-order valence-electron chi connectivity index (χ3n) is 4.64. The molecule has 0 spiro atoms. The van der Waals surface area contributed by atoms with Crippen molar-refractivity contribution in [1.82, 2.24) is 20.4 Å². The van der Waals surface area contributed by atoms with Gasteiger partial charge in [0.1, 0.15) is 12.1 Å². The Hall–Kier alpha value is -2.03. The average molecular weight is 398 g/mol. The fraction of sp³-hybridized carbons (Fsp3) is 0.842. The molecular formula is C19H35N5O4. The van der Waals surface area contributed by atoms with Gasteiger partial charge in [0.15, 0.2) is 5.96 Å². The molecule has 2 fully saturated rings. The van der Waals surface area contributed by atoms with E-state index in [1.54, 1.807) is 14.1 Å². The number of amides is 2. The van der Waals surface area contributed by atoms with Crippen LogP contribution in [0.2, 0.25) is 0 Å². The molecule has 2 atom stereocenters. The molecule has 0 bridgehead atoms. The minimum atomic E-state index is -0.521. The summed E-state index contributed by atoms with van der Waals surface area (Å²) in [4.78, 5) is 32.1. The number of carbonyl (C=O) groups excluding carboxylic acids is 2. The second kappa shape index (κ2) is 9.95. The topological polar surface area (TPSA) is 95.5 Å². The molecule has 0 aromatic heterocycles. The lowest BCUT2D eigenvalue weighted by atomic mass is 10.1. The number of guanidine groups is 1. The van der Waals surface area contributed by atoms with E-state index in [0.29, 0.717) is 18.4 Å². The van der Waals surface area contributed by atoms with Crippen LogP contribution < -0.4 is 10.6 Å². The normalized spacial score (nSPS) is 22.9. The second-order valence-electron chi connectivity index (χ2n) is 8.62. The molecule has 0 aliphatic carbocycles. The predicted octanol–water partition coefficient (Wildman–Crippen LogP) is 0.656. The van der Waals surface area contributed by atoms with Gasteiger partial charge < -0.3 is 29.9 Å². The number of carbonyl (C=O) groups is 2. The maximum atomic E-state index is 12.0. The van der Waals surface area contributed by atoms with Crippen molar-refractivity contribution in [3.05, 3.63) is 0 Å². The molecule has 28 heavy (non-hydrogen) atoms. The third kappa shape index (κ3) is 7.53. The smallest absolute Gasteiger partial charge is 0.407 e. The molecule has 2 aliphatic heterocycles. The highest BCUT2D eigenvalue weighted by atomic mass is 16.6. The van der Waals surface area contributed by atoms with Gasteiger partial charge >= 0.3 is 6.09 Å². The van der Waals surface area contributed by atoms with Crippen molar-refractivity contribution in [2.45, 2.75) is 45.3 Å². The lowest BCUT2D eigenvalue weighted by Gasteiger charge is -2.24. The zero-order chi connectivity index (χ0) is 20.7. The van der Waals surface area contributed by atoms with Crippen molar-refractivity contribution < 1.29 is 19.1 Å². The van der Waals surface area contributed by atoms with E-state index in [1.807, 2.05) is 20.8 Å². The van der Waals surface area contributed by atoms with E-state index in [9.17, 15) is 9.59 Å². The first kappa shape index (κ1) is 22.3. The second-order valence-corrected chi connectivity index (χ2v) is 8.62. The van der Waals surface area contributed by atoms with Gasteiger partial charge in [-0.2, -0.15) is 0 Å². The molecule has 2 heterocycles. The zero-order valence-corrected chi connectivity index (χ0v) is 17.8. The third-order valence-corrected chi connectivity index (χ3v) is 4.64. The Morgan fingerprint density at radius 1 is 1.29 bits per heavy atom. The van der Waals surface area contributed by atoms with Gasteiger partial charge in [-0.1, -0.05) is 0 Å². The highest BCUT2D eigenvalue weighted by Crippen LogP contribution is 2.14.